The molecule has 0 rings (SSSR count). The topological polar surface area (TPSA) is 0 Å². The van der Waals surface area contributed by atoms with Gasteiger partial charge in [0.2, 0.25) is 0 Å². The Labute approximate surface area is 96.8 Å². The molecule has 1 unspecified atom stereocenters. The summed E-state index contributed by atoms with van der Waals surface area (Å²) in [5, 5.41) is 0. The molecular weight excluding hydrogens is 180 g/mol. The normalized spacial score (nSPS) is 11.7. The summed E-state index contributed by atoms with van der Waals surface area (Å²) < 4.78 is 0. The summed E-state index contributed by atoms with van der Waals surface area (Å²) in [4.78, 5) is 0. The number of hydrogen-bond acceptors (Lipinski definition) is 0. The minimum atomic E-state index is 0.529. The van der Waals surface area contributed by atoms with Crippen LogP contribution in [0.15, 0.2) is 35.5 Å². The van der Waals surface area contributed by atoms with Crippen molar-refractivity contribution in [2.24, 2.45) is 5.92 Å². The minimum absolute atomic E-state index is 0.529. The first-order valence-corrected chi connectivity index (χ1v) is 6.00. The van der Waals surface area contributed by atoms with Crippen LogP contribution in [0.1, 0.15) is 54.9 Å². The van der Waals surface area contributed by atoms with E-state index in [2.05, 4.69) is 53.3 Å². The van der Waals surface area contributed by atoms with Crippen LogP contribution < -0.4 is 0 Å². The lowest BCUT2D eigenvalue weighted by Gasteiger charge is -2.18. The Bertz CT molecular complexity index is 224. The van der Waals surface area contributed by atoms with Crippen LogP contribution in [0.5, 0.6) is 0 Å². The van der Waals surface area contributed by atoms with Gasteiger partial charge in [0.15, 0.2) is 0 Å². The van der Waals surface area contributed by atoms with E-state index in [1.807, 2.05) is 13.8 Å². The summed E-state index contributed by atoms with van der Waals surface area (Å²) in [7, 11) is 0. The minimum Gasteiger partial charge on any atom is -0.0995 e. The first kappa shape index (κ1) is 16.6. The molecule has 0 heteroatoms. The van der Waals surface area contributed by atoms with Crippen molar-refractivity contribution in [1.29, 1.82) is 0 Å². The van der Waals surface area contributed by atoms with E-state index in [9.17, 15) is 0 Å². The summed E-state index contributed by atoms with van der Waals surface area (Å²) in [6.45, 7) is 18.8. The smallest absolute Gasteiger partial charge is 0.00393 e. The predicted molar refractivity (Wildman–Crippen MR) is 73.1 cm³/mol. The fraction of sp³-hybridized carbons (Fsp3) is 0.600. The standard InChI is InChI=1S/C13H22.C2H6/c1-7-9-13(11(5)6)12(8-2)10(3)4;1-2/h7,9,12H,3,8H2,1-2,4-6H3;1-2H3/b9-7-;. The quantitative estimate of drug-likeness (QED) is 0.421. The largest absolute Gasteiger partial charge is 0.0995 e. The Morgan fingerprint density at radius 3 is 1.87 bits per heavy atom. The third-order valence-corrected chi connectivity index (χ3v) is 2.30. The molecule has 0 fully saturated rings. The van der Waals surface area contributed by atoms with Crippen LogP contribution >= 0.6 is 0 Å². The third-order valence-electron chi connectivity index (χ3n) is 2.30. The fourth-order valence-electron chi connectivity index (χ4n) is 1.64. The number of allylic oxidation sites excluding steroid dienone is 5. The first-order valence-electron chi connectivity index (χ1n) is 6.00. The molecule has 88 valence electrons. The zero-order chi connectivity index (χ0) is 12.4. The van der Waals surface area contributed by atoms with Gasteiger partial charge in [-0.25, -0.2) is 0 Å². The van der Waals surface area contributed by atoms with Gasteiger partial charge in [0.1, 0.15) is 0 Å². The zero-order valence-corrected chi connectivity index (χ0v) is 11.6. The maximum Gasteiger partial charge on any atom is 0.00393 e. The lowest BCUT2D eigenvalue weighted by molar-refractivity contribution is 0.694. The van der Waals surface area contributed by atoms with E-state index in [-0.39, 0.29) is 0 Å². The Hall–Kier alpha value is -0.780. The van der Waals surface area contributed by atoms with Crippen molar-refractivity contribution < 1.29 is 0 Å². The van der Waals surface area contributed by atoms with Crippen LogP contribution in [0.3, 0.4) is 0 Å². The van der Waals surface area contributed by atoms with Gasteiger partial charge < -0.3 is 0 Å². The van der Waals surface area contributed by atoms with Crippen LogP contribution in [0.2, 0.25) is 0 Å². The van der Waals surface area contributed by atoms with E-state index in [0.29, 0.717) is 5.92 Å². The van der Waals surface area contributed by atoms with Crippen LogP contribution in [0.4, 0.5) is 0 Å². The predicted octanol–water partition coefficient (Wildman–Crippen LogP) is 5.53. The van der Waals surface area contributed by atoms with Gasteiger partial charge >= 0.3 is 0 Å². The van der Waals surface area contributed by atoms with E-state index in [1.165, 1.54) is 16.7 Å². The first-order chi connectivity index (χ1) is 7.04. The molecular formula is C15H28. The monoisotopic (exact) mass is 208 g/mol. The lowest BCUT2D eigenvalue weighted by Crippen LogP contribution is -2.03. The van der Waals surface area contributed by atoms with Crippen LogP contribution in [0.25, 0.3) is 0 Å². The second kappa shape index (κ2) is 9.76. The Morgan fingerprint density at radius 1 is 1.20 bits per heavy atom. The summed E-state index contributed by atoms with van der Waals surface area (Å²) in [6, 6.07) is 0. The summed E-state index contributed by atoms with van der Waals surface area (Å²) in [6.07, 6.45) is 5.45. The van der Waals surface area contributed by atoms with Crippen molar-refractivity contribution in [3.63, 3.8) is 0 Å². The maximum atomic E-state index is 4.04. The molecule has 0 nitrogen and oxygen atoms in total. The van der Waals surface area contributed by atoms with E-state index in [1.54, 1.807) is 0 Å². The molecule has 0 radical (unpaired) electrons. The molecule has 0 amide bonds. The van der Waals surface area contributed by atoms with Gasteiger partial charge in [0.25, 0.3) is 0 Å². The van der Waals surface area contributed by atoms with E-state index in [0.717, 1.165) is 6.42 Å². The van der Waals surface area contributed by atoms with Crippen LogP contribution in [-0.4, -0.2) is 0 Å². The van der Waals surface area contributed by atoms with Gasteiger partial charge in [-0.3, -0.25) is 0 Å². The number of rotatable bonds is 4. The van der Waals surface area contributed by atoms with E-state index in [4.69, 9.17) is 0 Å². The molecule has 0 aliphatic heterocycles. The van der Waals surface area contributed by atoms with Crippen molar-refractivity contribution in [1.82, 2.24) is 0 Å². The van der Waals surface area contributed by atoms with Crippen LogP contribution in [-0.2, 0) is 0 Å². The highest BCUT2D eigenvalue weighted by atomic mass is 14.2. The van der Waals surface area contributed by atoms with Crippen molar-refractivity contribution in [3.8, 4) is 0 Å². The fourth-order valence-corrected chi connectivity index (χ4v) is 1.64. The van der Waals surface area contributed by atoms with Gasteiger partial charge in [-0.05, 0) is 39.7 Å². The second-order valence-corrected chi connectivity index (χ2v) is 3.76. The summed E-state index contributed by atoms with van der Waals surface area (Å²) in [5.74, 6) is 0.529. The molecule has 0 aromatic rings. The Balaban J connectivity index is 0. The molecule has 0 aliphatic carbocycles. The van der Waals surface area contributed by atoms with Gasteiger partial charge in [0.05, 0.1) is 0 Å². The maximum absolute atomic E-state index is 4.04. The molecule has 0 bridgehead atoms. The molecule has 0 saturated heterocycles. The molecule has 0 aliphatic rings. The second-order valence-electron chi connectivity index (χ2n) is 3.76. The van der Waals surface area contributed by atoms with Gasteiger partial charge in [-0.15, -0.1) is 0 Å². The highest BCUT2D eigenvalue weighted by Crippen LogP contribution is 2.26. The van der Waals surface area contributed by atoms with Crippen molar-refractivity contribution in [2.45, 2.75) is 54.9 Å². The molecule has 1 atom stereocenters. The van der Waals surface area contributed by atoms with Crippen LogP contribution in [0, 0.1) is 5.92 Å². The van der Waals surface area contributed by atoms with Gasteiger partial charge in [-0.1, -0.05) is 50.6 Å². The molecule has 0 aromatic carbocycles. The van der Waals surface area contributed by atoms with Crippen molar-refractivity contribution in [2.75, 3.05) is 0 Å². The van der Waals surface area contributed by atoms with Crippen molar-refractivity contribution >= 4 is 0 Å². The zero-order valence-electron chi connectivity index (χ0n) is 11.6. The number of hydrogen-bond donors (Lipinski definition) is 0. The molecule has 0 N–H and O–H groups in total. The molecule has 0 spiro atoms. The van der Waals surface area contributed by atoms with Gasteiger partial charge in [0, 0.05) is 5.92 Å². The lowest BCUT2D eigenvalue weighted by atomic mass is 9.87. The Kier molecular flexibility index (Phi) is 10.8. The Morgan fingerprint density at radius 2 is 1.67 bits per heavy atom. The molecule has 15 heavy (non-hydrogen) atoms. The third kappa shape index (κ3) is 6.33. The summed E-state index contributed by atoms with van der Waals surface area (Å²) >= 11 is 0. The van der Waals surface area contributed by atoms with Gasteiger partial charge in [-0.2, -0.15) is 0 Å². The van der Waals surface area contributed by atoms with Crippen molar-refractivity contribution in [3.05, 3.63) is 35.5 Å². The van der Waals surface area contributed by atoms with E-state index >= 15 is 0 Å². The SMILES string of the molecule is C=C(C)C(CC)C(/C=C\C)=C(C)C.CC. The summed E-state index contributed by atoms with van der Waals surface area (Å²) in [5.41, 5.74) is 4.09. The van der Waals surface area contributed by atoms with E-state index < -0.39 is 0 Å². The average molecular weight is 208 g/mol. The molecule has 0 aromatic heterocycles. The molecule has 0 saturated carbocycles. The highest BCUT2D eigenvalue weighted by Gasteiger charge is 2.11. The average Bonchev–Trinajstić information content (AvgIpc) is 2.20. The molecule has 0 heterocycles. The highest BCUT2D eigenvalue weighted by molar-refractivity contribution is 5.31.